The summed E-state index contributed by atoms with van der Waals surface area (Å²) in [6, 6.07) is 31.9. The van der Waals surface area contributed by atoms with Crippen molar-refractivity contribution in [2.45, 2.75) is 9.79 Å². The molecule has 0 spiro atoms. The van der Waals surface area contributed by atoms with Crippen molar-refractivity contribution in [1.29, 1.82) is 0 Å². The molecule has 0 N–H and O–H groups in total. The first-order chi connectivity index (χ1) is 13.4. The van der Waals surface area contributed by atoms with Gasteiger partial charge >= 0.3 is 0 Å². The Morgan fingerprint density at radius 2 is 1.22 bits per heavy atom. The van der Waals surface area contributed by atoms with Crippen molar-refractivity contribution in [3.05, 3.63) is 91.0 Å². The lowest BCUT2D eigenvalue weighted by Gasteiger charge is -2.32. The fourth-order valence-electron chi connectivity index (χ4n) is 3.84. The zero-order valence-corrected chi connectivity index (χ0v) is 15.2. The quantitative estimate of drug-likeness (QED) is 0.300. The zero-order valence-electron chi connectivity index (χ0n) is 14.4. The van der Waals surface area contributed by atoms with Crippen molar-refractivity contribution in [3.8, 4) is 0 Å². The monoisotopic (exact) mass is 365 g/mol. The Kier molecular flexibility index (Phi) is 3.13. The molecule has 1 aliphatic heterocycles. The highest BCUT2D eigenvalue weighted by Crippen LogP contribution is 2.51. The average Bonchev–Trinajstić information content (AvgIpc) is 3.10. The SMILES string of the molecule is c1ccc2c(c1)Sc1ccccc1N2c1ccc2oc3ccccc3c2c1. The van der Waals surface area contributed by atoms with E-state index in [9.17, 15) is 0 Å². The molecular formula is C24H15NOS. The van der Waals surface area contributed by atoms with Gasteiger partial charge < -0.3 is 9.32 Å². The van der Waals surface area contributed by atoms with Gasteiger partial charge in [-0.25, -0.2) is 0 Å². The molecule has 0 aliphatic carbocycles. The molecule has 1 aliphatic rings. The normalized spacial score (nSPS) is 13.0. The number of nitrogens with zero attached hydrogens (tertiary/aromatic N) is 1. The van der Waals surface area contributed by atoms with Gasteiger partial charge in [0.2, 0.25) is 0 Å². The fraction of sp³-hybridized carbons (Fsp3) is 0. The second kappa shape index (κ2) is 5.66. The minimum absolute atomic E-state index is 0.924. The molecule has 3 heteroatoms. The van der Waals surface area contributed by atoms with Crippen LogP contribution >= 0.6 is 11.8 Å². The topological polar surface area (TPSA) is 16.4 Å². The van der Waals surface area contributed by atoms with Crippen molar-refractivity contribution < 1.29 is 4.42 Å². The predicted octanol–water partition coefficient (Wildman–Crippen LogP) is 7.52. The summed E-state index contributed by atoms with van der Waals surface area (Å²) in [6.07, 6.45) is 0. The Hall–Kier alpha value is -3.17. The van der Waals surface area contributed by atoms with E-state index in [1.165, 1.54) is 21.2 Å². The summed E-state index contributed by atoms with van der Waals surface area (Å²) in [6.45, 7) is 0. The first-order valence-electron chi connectivity index (χ1n) is 8.96. The van der Waals surface area contributed by atoms with E-state index in [-0.39, 0.29) is 0 Å². The number of furan rings is 1. The van der Waals surface area contributed by atoms with Crippen LogP contribution in [-0.4, -0.2) is 0 Å². The Morgan fingerprint density at radius 3 is 2.00 bits per heavy atom. The molecule has 2 nitrogen and oxygen atoms in total. The summed E-state index contributed by atoms with van der Waals surface area (Å²) in [7, 11) is 0. The smallest absolute Gasteiger partial charge is 0.135 e. The molecule has 0 saturated carbocycles. The van der Waals surface area contributed by atoms with E-state index in [1.807, 2.05) is 23.9 Å². The highest BCUT2D eigenvalue weighted by atomic mass is 32.2. The van der Waals surface area contributed by atoms with Crippen molar-refractivity contribution in [3.63, 3.8) is 0 Å². The second-order valence-electron chi connectivity index (χ2n) is 6.65. The van der Waals surface area contributed by atoms with E-state index in [4.69, 9.17) is 4.42 Å². The summed E-state index contributed by atoms with van der Waals surface area (Å²) >= 11 is 1.83. The molecule has 0 saturated heterocycles. The molecule has 0 fully saturated rings. The molecule has 0 amide bonds. The van der Waals surface area contributed by atoms with Gasteiger partial charge in [0, 0.05) is 26.3 Å². The van der Waals surface area contributed by atoms with Crippen LogP contribution < -0.4 is 4.90 Å². The summed E-state index contributed by atoms with van der Waals surface area (Å²) in [5.74, 6) is 0. The van der Waals surface area contributed by atoms with Crippen LogP contribution in [0.2, 0.25) is 0 Å². The molecule has 1 aromatic heterocycles. The van der Waals surface area contributed by atoms with Crippen LogP contribution in [0, 0.1) is 0 Å². The van der Waals surface area contributed by atoms with Gasteiger partial charge in [0.1, 0.15) is 11.2 Å². The molecule has 128 valence electrons. The van der Waals surface area contributed by atoms with Gasteiger partial charge in [-0.1, -0.05) is 54.2 Å². The lowest BCUT2D eigenvalue weighted by atomic mass is 10.1. The van der Waals surface area contributed by atoms with Crippen LogP contribution in [0.1, 0.15) is 0 Å². The molecule has 0 unspecified atom stereocenters. The van der Waals surface area contributed by atoms with Crippen molar-refractivity contribution in [2.24, 2.45) is 0 Å². The minimum Gasteiger partial charge on any atom is -0.456 e. The van der Waals surface area contributed by atoms with Crippen molar-refractivity contribution in [1.82, 2.24) is 0 Å². The van der Waals surface area contributed by atoms with Gasteiger partial charge in [-0.3, -0.25) is 0 Å². The maximum atomic E-state index is 6.01. The fourth-order valence-corrected chi connectivity index (χ4v) is 4.89. The maximum Gasteiger partial charge on any atom is 0.135 e. The molecule has 0 bridgehead atoms. The summed E-state index contributed by atoms with van der Waals surface area (Å²) < 4.78 is 6.01. The average molecular weight is 365 g/mol. The molecule has 5 aromatic rings. The van der Waals surface area contributed by atoms with Crippen molar-refractivity contribution >= 4 is 50.8 Å². The number of hydrogen-bond donors (Lipinski definition) is 0. The van der Waals surface area contributed by atoms with E-state index in [0.29, 0.717) is 0 Å². The summed E-state index contributed by atoms with van der Waals surface area (Å²) in [5.41, 5.74) is 5.43. The van der Waals surface area contributed by atoms with Gasteiger partial charge in [0.25, 0.3) is 0 Å². The van der Waals surface area contributed by atoms with Crippen LogP contribution in [-0.2, 0) is 0 Å². The first kappa shape index (κ1) is 14.9. The standard InChI is InChI=1S/C24H15NOS/c1-4-10-21-17(7-1)18-15-16(13-14-22(18)26-21)25-19-8-2-5-11-23(19)27-24-12-6-3-9-20(24)25/h1-15H. The first-order valence-corrected chi connectivity index (χ1v) is 9.77. The lowest BCUT2D eigenvalue weighted by Crippen LogP contribution is -2.14. The van der Waals surface area contributed by atoms with E-state index >= 15 is 0 Å². The van der Waals surface area contributed by atoms with E-state index in [1.54, 1.807) is 0 Å². The third kappa shape index (κ3) is 2.22. The van der Waals surface area contributed by atoms with Crippen LogP contribution in [0.3, 0.4) is 0 Å². The maximum absolute atomic E-state index is 6.01. The number of rotatable bonds is 1. The molecule has 0 atom stereocenters. The Morgan fingerprint density at radius 1 is 0.593 bits per heavy atom. The van der Waals surface area contributed by atoms with Gasteiger partial charge in [-0.15, -0.1) is 0 Å². The van der Waals surface area contributed by atoms with Crippen LogP contribution in [0.5, 0.6) is 0 Å². The lowest BCUT2D eigenvalue weighted by molar-refractivity contribution is 0.669. The van der Waals surface area contributed by atoms with E-state index < -0.39 is 0 Å². The van der Waals surface area contributed by atoms with Gasteiger partial charge in [-0.05, 0) is 48.5 Å². The zero-order chi connectivity index (χ0) is 17.8. The highest BCUT2D eigenvalue weighted by molar-refractivity contribution is 7.99. The molecule has 0 radical (unpaired) electrons. The van der Waals surface area contributed by atoms with Gasteiger partial charge in [-0.2, -0.15) is 0 Å². The molecule has 6 rings (SSSR count). The Labute approximate surface area is 161 Å². The predicted molar refractivity (Wildman–Crippen MR) is 113 cm³/mol. The van der Waals surface area contributed by atoms with Crippen LogP contribution in [0.15, 0.2) is 105 Å². The third-order valence-electron chi connectivity index (χ3n) is 5.05. The highest BCUT2D eigenvalue weighted by Gasteiger charge is 2.24. The Balaban J connectivity index is 1.63. The number of fused-ring (bicyclic) bond motifs is 5. The van der Waals surface area contributed by atoms with Crippen LogP contribution in [0.4, 0.5) is 17.1 Å². The molecular weight excluding hydrogens is 350 g/mol. The largest absolute Gasteiger partial charge is 0.456 e. The van der Waals surface area contributed by atoms with E-state index in [2.05, 4.69) is 83.8 Å². The third-order valence-corrected chi connectivity index (χ3v) is 6.18. The van der Waals surface area contributed by atoms with Gasteiger partial charge in [0.15, 0.2) is 0 Å². The molecule has 2 heterocycles. The molecule has 27 heavy (non-hydrogen) atoms. The second-order valence-corrected chi connectivity index (χ2v) is 7.74. The number of para-hydroxylation sites is 3. The summed E-state index contributed by atoms with van der Waals surface area (Å²) in [5, 5.41) is 2.30. The Bertz CT molecular complexity index is 1280. The van der Waals surface area contributed by atoms with Crippen LogP contribution in [0.25, 0.3) is 21.9 Å². The van der Waals surface area contributed by atoms with E-state index in [0.717, 1.165) is 27.6 Å². The number of benzene rings is 4. The van der Waals surface area contributed by atoms with Crippen molar-refractivity contribution in [2.75, 3.05) is 4.90 Å². The number of anilines is 3. The number of hydrogen-bond acceptors (Lipinski definition) is 3. The van der Waals surface area contributed by atoms with Gasteiger partial charge in [0.05, 0.1) is 11.4 Å². The molecule has 4 aromatic carbocycles. The summed E-state index contributed by atoms with van der Waals surface area (Å²) in [4.78, 5) is 4.89. The minimum atomic E-state index is 0.924.